The predicted molar refractivity (Wildman–Crippen MR) is 58.1 cm³/mol. The molecule has 0 radical (unpaired) electrons. The molecule has 0 aromatic carbocycles. The quantitative estimate of drug-likeness (QED) is 0.787. The lowest BCUT2D eigenvalue weighted by atomic mass is 10.2. The molecule has 0 aliphatic rings. The highest BCUT2D eigenvalue weighted by Gasteiger charge is 2.09. The van der Waals surface area contributed by atoms with E-state index in [-0.39, 0.29) is 18.4 Å². The van der Waals surface area contributed by atoms with Gasteiger partial charge in [-0.05, 0) is 6.92 Å². The number of anilines is 1. The van der Waals surface area contributed by atoms with Gasteiger partial charge in [-0.3, -0.25) is 4.79 Å². The molecule has 15 heavy (non-hydrogen) atoms. The molecule has 6 heteroatoms. The van der Waals surface area contributed by atoms with Crippen molar-refractivity contribution in [3.63, 3.8) is 0 Å². The molecule has 3 N–H and O–H groups in total. The minimum atomic E-state index is -0.136. The summed E-state index contributed by atoms with van der Waals surface area (Å²) in [5.74, 6) is -0.136. The van der Waals surface area contributed by atoms with Gasteiger partial charge in [-0.1, -0.05) is 0 Å². The average Bonchev–Trinajstić information content (AvgIpc) is 2.51. The predicted octanol–water partition coefficient (Wildman–Crippen LogP) is 0.686. The van der Waals surface area contributed by atoms with E-state index in [0.29, 0.717) is 17.2 Å². The Balaban J connectivity index is 2.40. The summed E-state index contributed by atoms with van der Waals surface area (Å²) >= 11 is 1.31. The fraction of sp³-hybridized carbons (Fsp3) is 0.444. The topological polar surface area (TPSA) is 91.8 Å². The van der Waals surface area contributed by atoms with Gasteiger partial charge in [0.1, 0.15) is 0 Å². The van der Waals surface area contributed by atoms with Crippen LogP contribution >= 0.6 is 11.3 Å². The van der Waals surface area contributed by atoms with Gasteiger partial charge < -0.3 is 11.1 Å². The molecule has 80 valence electrons. The van der Waals surface area contributed by atoms with Gasteiger partial charge in [0.05, 0.1) is 24.6 Å². The third kappa shape index (κ3) is 3.95. The number of hydrogen-bond donors (Lipinski definition) is 2. The Morgan fingerprint density at radius 2 is 2.60 bits per heavy atom. The van der Waals surface area contributed by atoms with Crippen LogP contribution in [-0.2, 0) is 11.2 Å². The van der Waals surface area contributed by atoms with E-state index in [0.717, 1.165) is 0 Å². The second kappa shape index (κ2) is 5.32. The number of aromatic nitrogens is 1. The Morgan fingerprint density at radius 3 is 3.13 bits per heavy atom. The molecule has 1 aromatic rings. The Hall–Kier alpha value is -1.61. The van der Waals surface area contributed by atoms with E-state index in [1.54, 1.807) is 12.3 Å². The highest BCUT2D eigenvalue weighted by molar-refractivity contribution is 7.13. The van der Waals surface area contributed by atoms with Gasteiger partial charge in [0.15, 0.2) is 5.13 Å². The normalized spacial score (nSPS) is 11.7. The monoisotopic (exact) mass is 224 g/mol. The van der Waals surface area contributed by atoms with Crippen molar-refractivity contribution in [3.8, 4) is 6.07 Å². The van der Waals surface area contributed by atoms with Gasteiger partial charge in [-0.2, -0.15) is 5.26 Å². The van der Waals surface area contributed by atoms with Crippen molar-refractivity contribution in [2.45, 2.75) is 25.8 Å². The SMILES string of the molecule is CC(CC#N)NC(=O)Cc1csc(N)n1. The molecule has 0 aliphatic carbocycles. The molecule has 1 rings (SSSR count). The van der Waals surface area contributed by atoms with Gasteiger partial charge in [0, 0.05) is 11.4 Å². The first-order valence-electron chi connectivity index (χ1n) is 4.48. The number of hydrogen-bond acceptors (Lipinski definition) is 5. The summed E-state index contributed by atoms with van der Waals surface area (Å²) in [6.45, 7) is 1.79. The van der Waals surface area contributed by atoms with E-state index in [4.69, 9.17) is 11.0 Å². The number of rotatable bonds is 4. The molecule has 5 nitrogen and oxygen atoms in total. The molecule has 0 bridgehead atoms. The minimum absolute atomic E-state index is 0.126. The summed E-state index contributed by atoms with van der Waals surface area (Å²) in [7, 11) is 0. The minimum Gasteiger partial charge on any atom is -0.375 e. The molecule has 1 amide bonds. The maximum absolute atomic E-state index is 11.4. The van der Waals surface area contributed by atoms with E-state index in [1.807, 2.05) is 6.07 Å². The zero-order valence-electron chi connectivity index (χ0n) is 8.36. The van der Waals surface area contributed by atoms with Crippen molar-refractivity contribution in [1.29, 1.82) is 5.26 Å². The molecule has 0 spiro atoms. The molecular formula is C9H12N4OS. The van der Waals surface area contributed by atoms with Crippen LogP contribution in [0.3, 0.4) is 0 Å². The number of nitrogens with one attached hydrogen (secondary N) is 1. The van der Waals surface area contributed by atoms with E-state index in [9.17, 15) is 4.79 Å². The average molecular weight is 224 g/mol. The first kappa shape index (κ1) is 11.5. The van der Waals surface area contributed by atoms with Gasteiger partial charge in [-0.25, -0.2) is 4.98 Å². The number of carbonyl (C=O) groups excluding carboxylic acids is 1. The summed E-state index contributed by atoms with van der Waals surface area (Å²) in [4.78, 5) is 15.4. The number of thiazole rings is 1. The smallest absolute Gasteiger partial charge is 0.226 e. The van der Waals surface area contributed by atoms with Crippen LogP contribution in [0.15, 0.2) is 5.38 Å². The fourth-order valence-corrected chi connectivity index (χ4v) is 1.64. The van der Waals surface area contributed by atoms with Crippen LogP contribution in [0, 0.1) is 11.3 Å². The van der Waals surface area contributed by atoms with Gasteiger partial charge in [-0.15, -0.1) is 11.3 Å². The van der Waals surface area contributed by atoms with Crippen LogP contribution in [0.1, 0.15) is 19.0 Å². The number of nitrogens with zero attached hydrogens (tertiary/aromatic N) is 2. The summed E-state index contributed by atoms with van der Waals surface area (Å²) in [6, 6.07) is 1.87. The lowest BCUT2D eigenvalue weighted by Crippen LogP contribution is -2.33. The molecule has 0 saturated carbocycles. The summed E-state index contributed by atoms with van der Waals surface area (Å²) in [5, 5.41) is 13.3. The second-order valence-electron chi connectivity index (χ2n) is 3.18. The molecular weight excluding hydrogens is 212 g/mol. The zero-order chi connectivity index (χ0) is 11.3. The van der Waals surface area contributed by atoms with Crippen LogP contribution in [0.2, 0.25) is 0 Å². The Bertz CT molecular complexity index is 382. The molecule has 1 unspecified atom stereocenters. The van der Waals surface area contributed by atoms with Gasteiger partial charge in [0.2, 0.25) is 5.91 Å². The van der Waals surface area contributed by atoms with E-state index in [1.165, 1.54) is 11.3 Å². The number of amides is 1. The third-order valence-corrected chi connectivity index (χ3v) is 2.44. The van der Waals surface area contributed by atoms with E-state index in [2.05, 4.69) is 10.3 Å². The number of nitrogens with two attached hydrogens (primary N) is 1. The van der Waals surface area contributed by atoms with Crippen molar-refractivity contribution in [3.05, 3.63) is 11.1 Å². The summed E-state index contributed by atoms with van der Waals surface area (Å²) in [6.07, 6.45) is 0.522. The van der Waals surface area contributed by atoms with Crippen molar-refractivity contribution in [1.82, 2.24) is 10.3 Å². The van der Waals surface area contributed by atoms with Crippen LogP contribution in [0.25, 0.3) is 0 Å². The standard InChI is InChI=1S/C9H12N4OS/c1-6(2-3-10)12-8(14)4-7-5-15-9(11)13-7/h5-6H,2,4H2,1H3,(H2,11,13)(H,12,14). The first-order chi connectivity index (χ1) is 7.11. The molecule has 0 fully saturated rings. The molecule has 1 aromatic heterocycles. The van der Waals surface area contributed by atoms with Gasteiger partial charge >= 0.3 is 0 Å². The third-order valence-electron chi connectivity index (χ3n) is 1.72. The molecule has 0 aliphatic heterocycles. The van der Waals surface area contributed by atoms with Crippen molar-refractivity contribution in [2.24, 2.45) is 0 Å². The van der Waals surface area contributed by atoms with Crippen molar-refractivity contribution < 1.29 is 4.79 Å². The summed E-state index contributed by atoms with van der Waals surface area (Å²) in [5.41, 5.74) is 6.10. The Labute approximate surface area is 91.9 Å². The summed E-state index contributed by atoms with van der Waals surface area (Å²) < 4.78 is 0. The van der Waals surface area contributed by atoms with Crippen LogP contribution < -0.4 is 11.1 Å². The Kier molecular flexibility index (Phi) is 4.06. The molecule has 1 heterocycles. The molecule has 0 saturated heterocycles. The van der Waals surface area contributed by atoms with Crippen LogP contribution in [-0.4, -0.2) is 16.9 Å². The zero-order valence-corrected chi connectivity index (χ0v) is 9.17. The van der Waals surface area contributed by atoms with E-state index < -0.39 is 0 Å². The second-order valence-corrected chi connectivity index (χ2v) is 4.07. The largest absolute Gasteiger partial charge is 0.375 e. The first-order valence-corrected chi connectivity index (χ1v) is 5.36. The van der Waals surface area contributed by atoms with Crippen molar-refractivity contribution in [2.75, 3.05) is 5.73 Å². The van der Waals surface area contributed by atoms with E-state index >= 15 is 0 Å². The highest BCUT2D eigenvalue weighted by Crippen LogP contribution is 2.11. The molecule has 1 atom stereocenters. The maximum atomic E-state index is 11.4. The van der Waals surface area contributed by atoms with Crippen molar-refractivity contribution >= 4 is 22.4 Å². The lowest BCUT2D eigenvalue weighted by Gasteiger charge is -2.08. The highest BCUT2D eigenvalue weighted by atomic mass is 32.1. The number of nitrogen functional groups attached to an aromatic ring is 1. The fourth-order valence-electron chi connectivity index (χ4n) is 1.08. The number of nitriles is 1. The Morgan fingerprint density at radius 1 is 1.87 bits per heavy atom. The van der Waals surface area contributed by atoms with Crippen LogP contribution in [0.5, 0.6) is 0 Å². The lowest BCUT2D eigenvalue weighted by molar-refractivity contribution is -0.121. The maximum Gasteiger partial charge on any atom is 0.226 e. The van der Waals surface area contributed by atoms with Crippen LogP contribution in [0.4, 0.5) is 5.13 Å². The van der Waals surface area contributed by atoms with Gasteiger partial charge in [0.25, 0.3) is 0 Å². The number of carbonyl (C=O) groups is 1.